The van der Waals surface area contributed by atoms with E-state index in [-0.39, 0.29) is 12.2 Å². The predicted molar refractivity (Wildman–Crippen MR) is 76.0 cm³/mol. The maximum atomic E-state index is 11.5. The SMILES string of the molecule is COc1cccc(C(O)C(O)CNC(=O)OC(C)(C)C)n1. The molecule has 3 N–H and O–H groups in total. The Morgan fingerprint density at radius 1 is 1.38 bits per heavy atom. The highest BCUT2D eigenvalue weighted by Crippen LogP contribution is 2.17. The Bertz CT molecular complexity index is 473. The molecule has 1 aromatic heterocycles. The van der Waals surface area contributed by atoms with Crippen LogP contribution >= 0.6 is 0 Å². The van der Waals surface area contributed by atoms with Crippen molar-refractivity contribution in [3.8, 4) is 5.88 Å². The Labute approximate surface area is 123 Å². The number of aromatic nitrogens is 1. The first-order valence-electron chi connectivity index (χ1n) is 6.57. The van der Waals surface area contributed by atoms with Crippen LogP contribution < -0.4 is 10.1 Å². The average molecular weight is 298 g/mol. The zero-order valence-corrected chi connectivity index (χ0v) is 12.7. The van der Waals surface area contributed by atoms with E-state index in [9.17, 15) is 15.0 Å². The van der Waals surface area contributed by atoms with Gasteiger partial charge in [0.15, 0.2) is 0 Å². The number of amides is 1. The lowest BCUT2D eigenvalue weighted by molar-refractivity contribution is 0.0106. The monoisotopic (exact) mass is 298 g/mol. The van der Waals surface area contributed by atoms with Gasteiger partial charge in [0.1, 0.15) is 17.8 Å². The van der Waals surface area contributed by atoms with Gasteiger partial charge in [0.05, 0.1) is 12.8 Å². The first-order valence-corrected chi connectivity index (χ1v) is 6.57. The van der Waals surface area contributed by atoms with Gasteiger partial charge in [-0.05, 0) is 26.8 Å². The molecule has 0 aliphatic heterocycles. The minimum absolute atomic E-state index is 0.158. The predicted octanol–water partition coefficient (Wildman–Crippen LogP) is 1.01. The lowest BCUT2D eigenvalue weighted by Gasteiger charge is -2.22. The zero-order valence-electron chi connectivity index (χ0n) is 12.7. The summed E-state index contributed by atoms with van der Waals surface area (Å²) in [6.07, 6.45) is -3.11. The minimum Gasteiger partial charge on any atom is -0.481 e. The summed E-state index contributed by atoms with van der Waals surface area (Å²) in [5.41, 5.74) is -0.366. The van der Waals surface area contributed by atoms with Gasteiger partial charge in [-0.1, -0.05) is 6.07 Å². The molecule has 1 amide bonds. The molecule has 1 rings (SSSR count). The van der Waals surface area contributed by atoms with Gasteiger partial charge in [-0.25, -0.2) is 9.78 Å². The van der Waals surface area contributed by atoms with Crippen molar-refractivity contribution in [2.45, 2.75) is 38.6 Å². The van der Waals surface area contributed by atoms with Gasteiger partial charge in [0.25, 0.3) is 0 Å². The fourth-order valence-electron chi connectivity index (χ4n) is 1.52. The normalized spacial score (nSPS) is 14.2. The van der Waals surface area contributed by atoms with Gasteiger partial charge in [-0.3, -0.25) is 0 Å². The van der Waals surface area contributed by atoms with Gasteiger partial charge in [-0.2, -0.15) is 0 Å². The molecule has 0 aromatic carbocycles. The molecule has 0 spiro atoms. The second-order valence-corrected chi connectivity index (χ2v) is 5.50. The van der Waals surface area contributed by atoms with E-state index in [0.717, 1.165) is 0 Å². The third kappa shape index (κ3) is 5.97. The average Bonchev–Trinajstić information content (AvgIpc) is 2.42. The highest BCUT2D eigenvalue weighted by atomic mass is 16.6. The first kappa shape index (κ1) is 17.2. The van der Waals surface area contributed by atoms with Crippen LogP contribution in [0.3, 0.4) is 0 Å². The number of carbonyl (C=O) groups is 1. The second kappa shape index (κ2) is 7.24. The molecule has 7 nitrogen and oxygen atoms in total. The number of pyridine rings is 1. The number of hydrogen-bond donors (Lipinski definition) is 3. The summed E-state index contributed by atoms with van der Waals surface area (Å²) in [6, 6.07) is 4.84. The number of alkyl carbamates (subject to hydrolysis) is 1. The minimum atomic E-state index is -1.24. The summed E-state index contributed by atoms with van der Waals surface area (Å²) in [6.45, 7) is 5.04. The van der Waals surface area contributed by atoms with Crippen LogP contribution in [0, 0.1) is 0 Å². The van der Waals surface area contributed by atoms with Crippen LogP contribution in [0.5, 0.6) is 5.88 Å². The Hall–Kier alpha value is -1.86. The van der Waals surface area contributed by atoms with Crippen LogP contribution in [-0.4, -0.2) is 46.6 Å². The maximum absolute atomic E-state index is 11.5. The summed E-state index contributed by atoms with van der Waals surface area (Å²) < 4.78 is 9.98. The van der Waals surface area contributed by atoms with Gasteiger partial charge in [-0.15, -0.1) is 0 Å². The lowest BCUT2D eigenvalue weighted by Crippen LogP contribution is -2.39. The molecule has 0 bridgehead atoms. The van der Waals surface area contributed by atoms with Crippen LogP contribution in [0.2, 0.25) is 0 Å². The van der Waals surface area contributed by atoms with E-state index in [0.29, 0.717) is 5.88 Å². The Balaban J connectivity index is 2.54. The van der Waals surface area contributed by atoms with Crippen molar-refractivity contribution >= 4 is 6.09 Å². The molecule has 0 aliphatic rings. The third-order valence-electron chi connectivity index (χ3n) is 2.48. The Morgan fingerprint density at radius 2 is 2.05 bits per heavy atom. The van der Waals surface area contributed by atoms with Crippen LogP contribution in [0.15, 0.2) is 18.2 Å². The number of aliphatic hydroxyl groups is 2. The summed E-state index contributed by atoms with van der Waals surface area (Å²) in [5, 5.41) is 22.3. The molecule has 0 radical (unpaired) electrons. The molecule has 1 aromatic rings. The van der Waals surface area contributed by atoms with E-state index in [1.807, 2.05) is 0 Å². The number of methoxy groups -OCH3 is 1. The number of ether oxygens (including phenoxy) is 2. The highest BCUT2D eigenvalue weighted by Gasteiger charge is 2.22. The van der Waals surface area contributed by atoms with Gasteiger partial charge < -0.3 is 25.0 Å². The summed E-state index contributed by atoms with van der Waals surface area (Å²) >= 11 is 0. The number of hydrogen-bond acceptors (Lipinski definition) is 6. The number of nitrogens with zero attached hydrogens (tertiary/aromatic N) is 1. The number of carbonyl (C=O) groups excluding carboxylic acids is 1. The third-order valence-corrected chi connectivity index (χ3v) is 2.48. The van der Waals surface area contributed by atoms with Crippen molar-refractivity contribution in [1.29, 1.82) is 0 Å². The van der Waals surface area contributed by atoms with Crippen LogP contribution in [0.4, 0.5) is 4.79 Å². The maximum Gasteiger partial charge on any atom is 0.407 e. The van der Waals surface area contributed by atoms with Crippen molar-refractivity contribution in [1.82, 2.24) is 10.3 Å². The standard InChI is InChI=1S/C14H22N2O5/c1-14(2,3)21-13(19)15-8-10(17)12(18)9-6-5-7-11(16-9)20-4/h5-7,10,12,17-18H,8H2,1-4H3,(H,15,19). The van der Waals surface area contributed by atoms with E-state index in [1.165, 1.54) is 7.11 Å². The molecule has 1 heterocycles. The van der Waals surface area contributed by atoms with Gasteiger partial charge >= 0.3 is 6.09 Å². The molecular formula is C14H22N2O5. The van der Waals surface area contributed by atoms with Crippen LogP contribution in [-0.2, 0) is 4.74 Å². The molecule has 0 saturated heterocycles. The van der Waals surface area contributed by atoms with E-state index >= 15 is 0 Å². The zero-order chi connectivity index (χ0) is 16.0. The molecule has 7 heteroatoms. The van der Waals surface area contributed by atoms with E-state index in [2.05, 4.69) is 10.3 Å². The lowest BCUT2D eigenvalue weighted by atomic mass is 10.1. The molecule has 0 saturated carbocycles. The summed E-state index contributed by atoms with van der Waals surface area (Å²) in [5.74, 6) is 0.332. The van der Waals surface area contributed by atoms with Crippen LogP contribution in [0.1, 0.15) is 32.6 Å². The highest BCUT2D eigenvalue weighted by molar-refractivity contribution is 5.67. The smallest absolute Gasteiger partial charge is 0.407 e. The fourth-order valence-corrected chi connectivity index (χ4v) is 1.52. The topological polar surface area (TPSA) is 101 Å². The molecular weight excluding hydrogens is 276 g/mol. The van der Waals surface area contributed by atoms with Crippen molar-refractivity contribution in [3.63, 3.8) is 0 Å². The van der Waals surface area contributed by atoms with E-state index in [1.54, 1.807) is 39.0 Å². The second-order valence-electron chi connectivity index (χ2n) is 5.50. The molecule has 0 fully saturated rings. The van der Waals surface area contributed by atoms with Gasteiger partial charge in [0.2, 0.25) is 5.88 Å². The number of nitrogens with one attached hydrogen (secondary N) is 1. The van der Waals surface area contributed by atoms with Crippen molar-refractivity contribution in [3.05, 3.63) is 23.9 Å². The van der Waals surface area contributed by atoms with Crippen molar-refractivity contribution in [2.75, 3.05) is 13.7 Å². The van der Waals surface area contributed by atoms with Crippen LogP contribution in [0.25, 0.3) is 0 Å². The Morgan fingerprint density at radius 3 is 2.62 bits per heavy atom. The summed E-state index contributed by atoms with van der Waals surface area (Å²) in [7, 11) is 1.46. The molecule has 0 aliphatic carbocycles. The molecule has 21 heavy (non-hydrogen) atoms. The van der Waals surface area contributed by atoms with Crippen molar-refractivity contribution in [2.24, 2.45) is 0 Å². The van der Waals surface area contributed by atoms with E-state index < -0.39 is 23.9 Å². The summed E-state index contributed by atoms with van der Waals surface area (Å²) in [4.78, 5) is 15.5. The molecule has 2 unspecified atom stereocenters. The fraction of sp³-hybridized carbons (Fsp3) is 0.571. The van der Waals surface area contributed by atoms with Crippen molar-refractivity contribution < 1.29 is 24.5 Å². The Kier molecular flexibility index (Phi) is 5.92. The molecule has 118 valence electrons. The quantitative estimate of drug-likeness (QED) is 0.750. The molecule has 2 atom stereocenters. The number of rotatable bonds is 5. The van der Waals surface area contributed by atoms with Gasteiger partial charge in [0, 0.05) is 12.6 Å². The first-order chi connectivity index (χ1) is 9.73. The van der Waals surface area contributed by atoms with E-state index in [4.69, 9.17) is 9.47 Å². The largest absolute Gasteiger partial charge is 0.481 e. The number of aliphatic hydroxyl groups excluding tert-OH is 2.